The van der Waals surface area contributed by atoms with Crippen molar-refractivity contribution in [1.29, 1.82) is 0 Å². The van der Waals surface area contributed by atoms with E-state index in [1.165, 1.54) is 0 Å². The van der Waals surface area contributed by atoms with E-state index in [1.54, 1.807) is 29.4 Å². The first-order valence-corrected chi connectivity index (χ1v) is 7.57. The number of pyridine rings is 1. The van der Waals surface area contributed by atoms with Gasteiger partial charge in [0.15, 0.2) is 0 Å². The van der Waals surface area contributed by atoms with Gasteiger partial charge in [-0.25, -0.2) is 4.79 Å². The molecule has 118 valence electrons. The highest BCUT2D eigenvalue weighted by Crippen LogP contribution is 2.20. The molecular formula is C17H18N4O2. The van der Waals surface area contributed by atoms with E-state index >= 15 is 0 Å². The SMILES string of the molecule is O=C(Nc1ccccc1)[C@H]1CCCN1C(=O)Nc1ccncc1. The van der Waals surface area contributed by atoms with Crippen molar-refractivity contribution < 1.29 is 9.59 Å². The third-order valence-corrected chi connectivity index (χ3v) is 3.79. The van der Waals surface area contributed by atoms with Crippen molar-refractivity contribution in [2.45, 2.75) is 18.9 Å². The molecule has 0 aliphatic carbocycles. The van der Waals surface area contributed by atoms with Crippen molar-refractivity contribution in [1.82, 2.24) is 9.88 Å². The number of likely N-dealkylation sites (tertiary alicyclic amines) is 1. The lowest BCUT2D eigenvalue weighted by Crippen LogP contribution is -2.45. The standard InChI is InChI=1S/C17H18N4O2/c22-16(19-13-5-2-1-3-6-13)15-7-4-12-21(15)17(23)20-14-8-10-18-11-9-14/h1-3,5-6,8-11,15H,4,7,12H2,(H,19,22)(H,18,20,23)/t15-/m1/s1. The molecule has 1 fully saturated rings. The fraction of sp³-hybridized carbons (Fsp3) is 0.235. The first-order chi connectivity index (χ1) is 11.2. The number of rotatable bonds is 3. The molecule has 23 heavy (non-hydrogen) atoms. The summed E-state index contributed by atoms with van der Waals surface area (Å²) in [5, 5.41) is 5.66. The Bertz CT molecular complexity index is 616. The minimum absolute atomic E-state index is 0.154. The number of anilines is 2. The molecule has 1 aliphatic heterocycles. The number of carbonyl (C=O) groups is 2. The molecule has 0 spiro atoms. The van der Waals surface area contributed by atoms with Gasteiger partial charge in [-0.1, -0.05) is 18.2 Å². The molecule has 2 heterocycles. The van der Waals surface area contributed by atoms with Gasteiger partial charge in [0.05, 0.1) is 0 Å². The predicted octanol–water partition coefficient (Wildman–Crippen LogP) is 2.72. The van der Waals surface area contributed by atoms with Crippen LogP contribution >= 0.6 is 0 Å². The van der Waals surface area contributed by atoms with Crippen LogP contribution in [0.15, 0.2) is 54.9 Å². The number of urea groups is 1. The van der Waals surface area contributed by atoms with Crippen LogP contribution < -0.4 is 10.6 Å². The molecule has 1 aromatic carbocycles. The smallest absolute Gasteiger partial charge is 0.322 e. The highest BCUT2D eigenvalue weighted by molar-refractivity contribution is 5.99. The highest BCUT2D eigenvalue weighted by atomic mass is 16.2. The van der Waals surface area contributed by atoms with E-state index in [0.29, 0.717) is 18.7 Å². The van der Waals surface area contributed by atoms with Crippen LogP contribution in [0.2, 0.25) is 0 Å². The van der Waals surface area contributed by atoms with Crippen LogP contribution in [0.5, 0.6) is 0 Å². The Kier molecular flexibility index (Phi) is 4.52. The van der Waals surface area contributed by atoms with E-state index in [2.05, 4.69) is 15.6 Å². The Morgan fingerprint density at radius 3 is 2.43 bits per heavy atom. The predicted molar refractivity (Wildman–Crippen MR) is 88.1 cm³/mol. The molecule has 2 N–H and O–H groups in total. The second-order valence-corrected chi connectivity index (χ2v) is 5.37. The molecular weight excluding hydrogens is 292 g/mol. The minimum Gasteiger partial charge on any atom is -0.324 e. The molecule has 1 aromatic heterocycles. The van der Waals surface area contributed by atoms with Crippen molar-refractivity contribution in [3.63, 3.8) is 0 Å². The number of nitrogens with one attached hydrogen (secondary N) is 2. The van der Waals surface area contributed by atoms with Gasteiger partial charge in [0.1, 0.15) is 6.04 Å². The summed E-state index contributed by atoms with van der Waals surface area (Å²) in [6, 6.07) is 12.0. The Morgan fingerprint density at radius 2 is 1.70 bits per heavy atom. The largest absolute Gasteiger partial charge is 0.324 e. The lowest BCUT2D eigenvalue weighted by atomic mass is 10.2. The maximum atomic E-state index is 12.4. The molecule has 2 aromatic rings. The van der Waals surface area contributed by atoms with Crippen LogP contribution in [0, 0.1) is 0 Å². The van der Waals surface area contributed by atoms with Gasteiger partial charge in [-0.3, -0.25) is 9.78 Å². The van der Waals surface area contributed by atoms with Crippen LogP contribution in [0.4, 0.5) is 16.2 Å². The molecule has 0 unspecified atom stereocenters. The second-order valence-electron chi connectivity index (χ2n) is 5.37. The van der Waals surface area contributed by atoms with E-state index < -0.39 is 6.04 Å². The number of hydrogen-bond donors (Lipinski definition) is 2. The third-order valence-electron chi connectivity index (χ3n) is 3.79. The van der Waals surface area contributed by atoms with E-state index in [1.807, 2.05) is 30.3 Å². The van der Waals surface area contributed by atoms with Gasteiger partial charge in [-0.15, -0.1) is 0 Å². The molecule has 0 bridgehead atoms. The summed E-state index contributed by atoms with van der Waals surface area (Å²) < 4.78 is 0. The topological polar surface area (TPSA) is 74.3 Å². The molecule has 1 saturated heterocycles. The number of carbonyl (C=O) groups excluding carboxylic acids is 2. The summed E-state index contributed by atoms with van der Waals surface area (Å²) in [6.07, 6.45) is 4.71. The van der Waals surface area contributed by atoms with Crippen molar-refractivity contribution in [2.24, 2.45) is 0 Å². The zero-order valence-corrected chi connectivity index (χ0v) is 12.6. The van der Waals surface area contributed by atoms with Gasteiger partial charge in [-0.2, -0.15) is 0 Å². The van der Waals surface area contributed by atoms with Crippen molar-refractivity contribution in [2.75, 3.05) is 17.2 Å². The first kappa shape index (κ1) is 15.0. The van der Waals surface area contributed by atoms with Crippen molar-refractivity contribution >= 4 is 23.3 Å². The van der Waals surface area contributed by atoms with Gasteiger partial charge in [0, 0.05) is 30.3 Å². The quantitative estimate of drug-likeness (QED) is 0.915. The molecule has 0 radical (unpaired) electrons. The van der Waals surface area contributed by atoms with Crippen molar-refractivity contribution in [3.05, 3.63) is 54.9 Å². The van der Waals surface area contributed by atoms with E-state index in [9.17, 15) is 9.59 Å². The summed E-state index contributed by atoms with van der Waals surface area (Å²) in [7, 11) is 0. The second kappa shape index (κ2) is 6.91. The molecule has 1 atom stereocenters. The zero-order chi connectivity index (χ0) is 16.1. The van der Waals surface area contributed by atoms with E-state index in [4.69, 9.17) is 0 Å². The Balaban J connectivity index is 1.65. The molecule has 3 amide bonds. The van der Waals surface area contributed by atoms with Crippen LogP contribution in [0.3, 0.4) is 0 Å². The molecule has 6 nitrogen and oxygen atoms in total. The first-order valence-electron chi connectivity index (χ1n) is 7.57. The number of nitrogens with zero attached hydrogens (tertiary/aromatic N) is 2. The van der Waals surface area contributed by atoms with Gasteiger partial charge in [0.25, 0.3) is 0 Å². The molecule has 6 heteroatoms. The van der Waals surface area contributed by atoms with Crippen LogP contribution in [-0.4, -0.2) is 34.4 Å². The molecule has 0 saturated carbocycles. The fourth-order valence-electron chi connectivity index (χ4n) is 2.66. The molecule has 3 rings (SSSR count). The summed E-state index contributed by atoms with van der Waals surface area (Å²) in [6.45, 7) is 0.573. The Hall–Kier alpha value is -2.89. The summed E-state index contributed by atoms with van der Waals surface area (Å²) in [4.78, 5) is 30.3. The van der Waals surface area contributed by atoms with Crippen LogP contribution in [-0.2, 0) is 4.79 Å². The lowest BCUT2D eigenvalue weighted by Gasteiger charge is -2.24. The van der Waals surface area contributed by atoms with Gasteiger partial charge < -0.3 is 15.5 Å². The monoisotopic (exact) mass is 310 g/mol. The summed E-state index contributed by atoms with van der Waals surface area (Å²) >= 11 is 0. The normalized spacial score (nSPS) is 16.9. The zero-order valence-electron chi connectivity index (χ0n) is 12.6. The molecule has 1 aliphatic rings. The van der Waals surface area contributed by atoms with Gasteiger partial charge in [0.2, 0.25) is 5.91 Å². The fourth-order valence-corrected chi connectivity index (χ4v) is 2.66. The average Bonchev–Trinajstić information content (AvgIpc) is 3.06. The van der Waals surface area contributed by atoms with Crippen LogP contribution in [0.1, 0.15) is 12.8 Å². The highest BCUT2D eigenvalue weighted by Gasteiger charge is 2.34. The van der Waals surface area contributed by atoms with Gasteiger partial charge >= 0.3 is 6.03 Å². The summed E-state index contributed by atoms with van der Waals surface area (Å²) in [5.74, 6) is -0.154. The number of benzene rings is 1. The van der Waals surface area contributed by atoms with Gasteiger partial charge in [-0.05, 0) is 37.1 Å². The Labute approximate surface area is 134 Å². The lowest BCUT2D eigenvalue weighted by molar-refractivity contribution is -0.119. The number of para-hydroxylation sites is 1. The number of hydrogen-bond acceptors (Lipinski definition) is 3. The van der Waals surface area contributed by atoms with E-state index in [-0.39, 0.29) is 11.9 Å². The number of amides is 3. The van der Waals surface area contributed by atoms with Crippen molar-refractivity contribution in [3.8, 4) is 0 Å². The maximum Gasteiger partial charge on any atom is 0.322 e. The average molecular weight is 310 g/mol. The maximum absolute atomic E-state index is 12.4. The Morgan fingerprint density at radius 1 is 1.00 bits per heavy atom. The number of aromatic nitrogens is 1. The minimum atomic E-state index is -0.447. The third kappa shape index (κ3) is 3.66. The van der Waals surface area contributed by atoms with E-state index in [0.717, 1.165) is 12.1 Å². The summed E-state index contributed by atoms with van der Waals surface area (Å²) in [5.41, 5.74) is 1.40. The van der Waals surface area contributed by atoms with Crippen LogP contribution in [0.25, 0.3) is 0 Å².